The quantitative estimate of drug-likeness (QED) is 0.547. The van der Waals surface area contributed by atoms with E-state index in [1.54, 1.807) is 0 Å². The van der Waals surface area contributed by atoms with Crippen molar-refractivity contribution in [3.8, 4) is 0 Å². The molecule has 3 nitrogen and oxygen atoms in total. The van der Waals surface area contributed by atoms with E-state index in [0.29, 0.717) is 19.3 Å². The molecule has 0 saturated heterocycles. The number of hydrogen-bond acceptors (Lipinski definition) is 2. The summed E-state index contributed by atoms with van der Waals surface area (Å²) in [7, 11) is 0. The molecule has 26 heavy (non-hydrogen) atoms. The first-order valence-corrected chi connectivity index (χ1v) is 8.89. The molecule has 8 heteroatoms. The van der Waals surface area contributed by atoms with E-state index in [2.05, 4.69) is 0 Å². The maximum Gasteiger partial charge on any atom is 0.420 e. The summed E-state index contributed by atoms with van der Waals surface area (Å²) in [5, 5.41) is 18.5. The van der Waals surface area contributed by atoms with Crippen LogP contribution in [0.15, 0.2) is 11.6 Å². The standard InChI is InChI=1S/C18H23F5O3/c1-9(14(24)25)2-13(17(19,20)15(26)18(21,22)23)16-6-10-3-11(7-16)5-12(4-10)8-16/h2,10-13,15,26H,3-8H2,1H3,(H,24,25). The van der Waals surface area contributed by atoms with Crippen molar-refractivity contribution >= 4 is 5.97 Å². The molecule has 4 aliphatic carbocycles. The number of carbonyl (C=O) groups is 1. The minimum absolute atomic E-state index is 0.195. The molecule has 148 valence electrons. The lowest BCUT2D eigenvalue weighted by atomic mass is 9.45. The molecule has 4 saturated carbocycles. The fraction of sp³-hybridized carbons (Fsp3) is 0.833. The van der Waals surface area contributed by atoms with Crippen LogP contribution in [0.1, 0.15) is 45.4 Å². The minimum atomic E-state index is -5.48. The van der Waals surface area contributed by atoms with Crippen molar-refractivity contribution < 1.29 is 37.0 Å². The molecule has 0 spiro atoms. The molecular weight excluding hydrogens is 359 g/mol. The topological polar surface area (TPSA) is 57.5 Å². The summed E-state index contributed by atoms with van der Waals surface area (Å²) >= 11 is 0. The van der Waals surface area contributed by atoms with E-state index < -0.39 is 41.1 Å². The summed E-state index contributed by atoms with van der Waals surface area (Å²) in [6.45, 7) is 1.10. The smallest absolute Gasteiger partial charge is 0.420 e. The highest BCUT2D eigenvalue weighted by molar-refractivity contribution is 5.85. The molecule has 0 aromatic heterocycles. The molecule has 4 aliphatic rings. The average molecular weight is 382 g/mol. The van der Waals surface area contributed by atoms with Crippen molar-refractivity contribution in [2.75, 3.05) is 0 Å². The summed E-state index contributed by atoms with van der Waals surface area (Å²) in [4.78, 5) is 11.2. The van der Waals surface area contributed by atoms with Crippen LogP contribution >= 0.6 is 0 Å². The fourth-order valence-corrected chi connectivity index (χ4v) is 5.96. The van der Waals surface area contributed by atoms with Gasteiger partial charge in [0.05, 0.1) is 5.92 Å². The third kappa shape index (κ3) is 3.25. The Balaban J connectivity index is 2.05. The van der Waals surface area contributed by atoms with Crippen LogP contribution in [0.2, 0.25) is 0 Å². The van der Waals surface area contributed by atoms with Crippen LogP contribution in [0.3, 0.4) is 0 Å². The number of alkyl halides is 5. The van der Waals surface area contributed by atoms with Crippen molar-refractivity contribution in [1.29, 1.82) is 0 Å². The third-order valence-corrected chi connectivity index (χ3v) is 6.59. The van der Waals surface area contributed by atoms with Crippen LogP contribution in [0.5, 0.6) is 0 Å². The summed E-state index contributed by atoms with van der Waals surface area (Å²) in [5.41, 5.74) is -1.50. The first-order valence-electron chi connectivity index (χ1n) is 8.89. The molecule has 4 fully saturated rings. The monoisotopic (exact) mass is 382 g/mol. The van der Waals surface area contributed by atoms with Crippen molar-refractivity contribution in [3.63, 3.8) is 0 Å². The van der Waals surface area contributed by atoms with Crippen molar-refractivity contribution in [2.24, 2.45) is 29.1 Å². The predicted octanol–water partition coefficient (Wildman–Crippen LogP) is 4.41. The Kier molecular flexibility index (Phi) is 4.65. The van der Waals surface area contributed by atoms with Gasteiger partial charge in [0.25, 0.3) is 5.92 Å². The zero-order chi connectivity index (χ0) is 19.5. The second-order valence-electron chi connectivity index (χ2n) is 8.53. The number of aliphatic hydroxyl groups excluding tert-OH is 1. The van der Waals surface area contributed by atoms with E-state index in [0.717, 1.165) is 32.3 Å². The SMILES string of the molecule is CC(=CC(C12CC3CC(CC(C3)C1)C2)C(F)(F)C(O)C(F)(F)F)C(=O)O. The van der Waals surface area contributed by atoms with Crippen LogP contribution in [-0.4, -0.2) is 34.4 Å². The Morgan fingerprint density at radius 1 is 1.04 bits per heavy atom. The van der Waals surface area contributed by atoms with E-state index >= 15 is 0 Å². The molecule has 4 rings (SSSR count). The zero-order valence-corrected chi connectivity index (χ0v) is 14.4. The van der Waals surface area contributed by atoms with Gasteiger partial charge in [0.2, 0.25) is 6.10 Å². The normalized spacial score (nSPS) is 36.9. The maximum absolute atomic E-state index is 14.9. The number of aliphatic carboxylic acids is 1. The number of hydrogen-bond donors (Lipinski definition) is 2. The number of allylic oxidation sites excluding steroid dienone is 1. The van der Waals surface area contributed by atoms with E-state index in [1.165, 1.54) is 0 Å². The Labute approximate surface area is 148 Å². The number of carboxylic acid groups (broad SMARTS) is 1. The number of carboxylic acids is 1. The molecular formula is C18H23F5O3. The largest absolute Gasteiger partial charge is 0.478 e. The Hall–Kier alpha value is -1.18. The van der Waals surface area contributed by atoms with Crippen molar-refractivity contribution in [1.82, 2.24) is 0 Å². The van der Waals surface area contributed by atoms with Crippen molar-refractivity contribution in [3.05, 3.63) is 11.6 Å². The number of halogens is 5. The Morgan fingerprint density at radius 3 is 1.81 bits per heavy atom. The van der Waals surface area contributed by atoms with Gasteiger partial charge in [0, 0.05) is 5.57 Å². The highest BCUT2D eigenvalue weighted by atomic mass is 19.4. The molecule has 0 aliphatic heterocycles. The highest BCUT2D eigenvalue weighted by Gasteiger charge is 2.65. The third-order valence-electron chi connectivity index (χ3n) is 6.59. The maximum atomic E-state index is 14.9. The van der Waals surface area contributed by atoms with Gasteiger partial charge in [0.15, 0.2) is 0 Å². The lowest BCUT2D eigenvalue weighted by Crippen LogP contribution is -2.58. The predicted molar refractivity (Wildman–Crippen MR) is 82.5 cm³/mol. The molecule has 0 radical (unpaired) electrons. The minimum Gasteiger partial charge on any atom is -0.478 e. The Morgan fingerprint density at radius 2 is 1.46 bits per heavy atom. The first-order chi connectivity index (χ1) is 11.8. The van der Waals surface area contributed by atoms with Crippen LogP contribution in [-0.2, 0) is 4.79 Å². The van der Waals surface area contributed by atoms with Crippen LogP contribution in [0.4, 0.5) is 22.0 Å². The van der Waals surface area contributed by atoms with Gasteiger partial charge in [-0.15, -0.1) is 0 Å². The molecule has 0 aromatic carbocycles. The molecule has 4 bridgehead atoms. The second kappa shape index (κ2) is 6.17. The van der Waals surface area contributed by atoms with Crippen LogP contribution < -0.4 is 0 Å². The van der Waals surface area contributed by atoms with E-state index in [1.807, 2.05) is 0 Å². The summed E-state index contributed by atoms with van der Waals surface area (Å²) < 4.78 is 68.5. The molecule has 2 unspecified atom stereocenters. The second-order valence-corrected chi connectivity index (χ2v) is 8.53. The van der Waals surface area contributed by atoms with Gasteiger partial charge in [0.1, 0.15) is 0 Å². The van der Waals surface area contributed by atoms with E-state index in [9.17, 15) is 31.9 Å². The average Bonchev–Trinajstić information content (AvgIpc) is 2.48. The first kappa shape index (κ1) is 19.6. The van der Waals surface area contributed by atoms with Gasteiger partial charge in [-0.25, -0.2) is 13.6 Å². The van der Waals surface area contributed by atoms with Crippen LogP contribution in [0, 0.1) is 29.1 Å². The fourth-order valence-electron chi connectivity index (χ4n) is 5.96. The van der Waals surface area contributed by atoms with Gasteiger partial charge in [-0.3, -0.25) is 0 Å². The molecule has 0 amide bonds. The Bertz CT molecular complexity index is 575. The van der Waals surface area contributed by atoms with Crippen molar-refractivity contribution in [2.45, 2.75) is 63.7 Å². The lowest BCUT2D eigenvalue weighted by molar-refractivity contribution is -0.293. The highest BCUT2D eigenvalue weighted by Crippen LogP contribution is 2.65. The number of rotatable bonds is 5. The molecule has 2 atom stereocenters. The molecule has 2 N–H and O–H groups in total. The van der Waals surface area contributed by atoms with Gasteiger partial charge < -0.3 is 10.2 Å². The summed E-state index contributed by atoms with van der Waals surface area (Å²) in [5.74, 6) is -7.29. The van der Waals surface area contributed by atoms with E-state index in [-0.39, 0.29) is 17.8 Å². The molecule has 0 aromatic rings. The van der Waals surface area contributed by atoms with Crippen LogP contribution in [0.25, 0.3) is 0 Å². The summed E-state index contributed by atoms with van der Waals surface area (Å²) in [6, 6.07) is 0. The molecule has 0 heterocycles. The number of aliphatic hydroxyl groups is 1. The van der Waals surface area contributed by atoms with Gasteiger partial charge >= 0.3 is 12.1 Å². The van der Waals surface area contributed by atoms with Gasteiger partial charge in [-0.2, -0.15) is 13.2 Å². The van der Waals surface area contributed by atoms with E-state index in [4.69, 9.17) is 5.11 Å². The van der Waals surface area contributed by atoms with Gasteiger partial charge in [-0.05, 0) is 68.6 Å². The zero-order valence-electron chi connectivity index (χ0n) is 14.4. The van der Waals surface area contributed by atoms with Gasteiger partial charge in [-0.1, -0.05) is 6.08 Å². The summed E-state index contributed by atoms with van der Waals surface area (Å²) in [6.07, 6.45) is -4.71. The lowest BCUT2D eigenvalue weighted by Gasteiger charge is -2.60.